The Kier molecular flexibility index (Phi) is 8.96. The molecule has 0 fully saturated rings. The Morgan fingerprint density at radius 3 is 0.985 bits per heavy atom. The third-order valence-electron chi connectivity index (χ3n) is 13.8. The molecule has 0 unspecified atom stereocenters. The Morgan fingerprint density at radius 2 is 0.455 bits per heavy atom. The summed E-state index contributed by atoms with van der Waals surface area (Å²) in [7, 11) is 0. The molecule has 0 heterocycles. The van der Waals surface area contributed by atoms with Crippen LogP contribution in [0.4, 0.5) is 0 Å². The zero-order valence-corrected chi connectivity index (χ0v) is 36.2. The van der Waals surface area contributed by atoms with Crippen molar-refractivity contribution in [1.82, 2.24) is 0 Å². The second-order valence-electron chi connectivity index (χ2n) is 17.7. The zero-order valence-electron chi connectivity index (χ0n) is 36.2. The van der Waals surface area contributed by atoms with Gasteiger partial charge in [-0.3, -0.25) is 0 Å². The quantitative estimate of drug-likeness (QED) is 0.146. The summed E-state index contributed by atoms with van der Waals surface area (Å²) in [6.45, 7) is 0. The number of benzene rings is 13. The van der Waals surface area contributed by atoms with E-state index in [4.69, 9.17) is 0 Å². The average Bonchev–Trinajstić information content (AvgIpc) is 3.40. The molecule has 306 valence electrons. The van der Waals surface area contributed by atoms with Gasteiger partial charge in [-0.1, -0.05) is 212 Å². The van der Waals surface area contributed by atoms with E-state index in [0.29, 0.717) is 0 Å². The highest BCUT2D eigenvalue weighted by Crippen LogP contribution is 2.38. The first-order valence-electron chi connectivity index (χ1n) is 22.9. The molecule has 0 spiro atoms. The van der Waals surface area contributed by atoms with Crippen molar-refractivity contribution >= 4 is 64.6 Å². The fourth-order valence-electron chi connectivity index (χ4n) is 10.3. The van der Waals surface area contributed by atoms with Gasteiger partial charge in [0.05, 0.1) is 0 Å². The first-order chi connectivity index (χ1) is 32.6. The average molecular weight is 835 g/mol. The summed E-state index contributed by atoms with van der Waals surface area (Å²) in [6.07, 6.45) is 0. The van der Waals surface area contributed by atoms with E-state index in [2.05, 4.69) is 255 Å². The van der Waals surface area contributed by atoms with Gasteiger partial charge in [0, 0.05) is 0 Å². The smallest absolute Gasteiger partial charge is 0.0105 e. The monoisotopic (exact) mass is 834 g/mol. The molecule has 13 rings (SSSR count). The first-order valence-corrected chi connectivity index (χ1v) is 22.9. The summed E-state index contributed by atoms with van der Waals surface area (Å²) in [5, 5.41) is 15.2. The number of hydrogen-bond donors (Lipinski definition) is 0. The van der Waals surface area contributed by atoms with E-state index in [1.54, 1.807) is 0 Å². The van der Waals surface area contributed by atoms with Gasteiger partial charge < -0.3 is 0 Å². The predicted octanol–water partition coefficient (Wildman–Crippen LogP) is 18.6. The molecule has 0 radical (unpaired) electrons. The molecular formula is C66H42. The summed E-state index contributed by atoms with van der Waals surface area (Å²) in [5.41, 5.74) is 14.7. The Hall–Kier alpha value is -8.58. The Bertz CT molecular complexity index is 4030. The SMILES string of the molecule is c1cc(-c2ccc3ccccc3c2)cc(-c2ccc3c(ccc4cc(-c5ccc6c(ccc7cc(-c8ccc(-c9cccc(-c%10cccc%11ccccc%10%11)c9)cc8)ccc76)c5)ccc43)c2)c1. The molecule has 0 aliphatic rings. The van der Waals surface area contributed by atoms with E-state index < -0.39 is 0 Å². The van der Waals surface area contributed by atoms with Crippen molar-refractivity contribution in [3.63, 3.8) is 0 Å². The predicted molar refractivity (Wildman–Crippen MR) is 284 cm³/mol. The number of rotatable bonds is 6. The van der Waals surface area contributed by atoms with Gasteiger partial charge in [0.25, 0.3) is 0 Å². The standard InChI is InChI=1S/C66H42/c1-2-10-47-36-52(23-22-43(47)8-1)49-13-5-14-50(37-49)53-29-33-64-58(40-53)26-27-60-42-55(31-35-66(60)64)54-30-34-65-59(41-54)25-24-57-39-51(28-32-63(57)65)45-20-18-44(19-21-45)48-12-6-15-56(38-48)62-17-7-11-46-9-3-4-16-61(46)62/h1-42H. The summed E-state index contributed by atoms with van der Waals surface area (Å²) >= 11 is 0. The van der Waals surface area contributed by atoms with Crippen LogP contribution in [-0.4, -0.2) is 0 Å². The Morgan fingerprint density at radius 1 is 0.136 bits per heavy atom. The molecule has 13 aromatic rings. The van der Waals surface area contributed by atoms with Gasteiger partial charge in [0.15, 0.2) is 0 Å². The largest absolute Gasteiger partial charge is 0.0616 e. The highest BCUT2D eigenvalue weighted by atomic mass is 14.2. The summed E-state index contributed by atoms with van der Waals surface area (Å²) < 4.78 is 0. The molecule has 66 heavy (non-hydrogen) atoms. The first kappa shape index (κ1) is 37.9. The van der Waals surface area contributed by atoms with Crippen molar-refractivity contribution in [2.45, 2.75) is 0 Å². The highest BCUT2D eigenvalue weighted by molar-refractivity contribution is 6.11. The van der Waals surface area contributed by atoms with Crippen molar-refractivity contribution in [3.8, 4) is 66.8 Å². The van der Waals surface area contributed by atoms with Gasteiger partial charge in [-0.25, -0.2) is 0 Å². The van der Waals surface area contributed by atoms with Crippen molar-refractivity contribution in [2.24, 2.45) is 0 Å². The molecule has 0 bridgehead atoms. The van der Waals surface area contributed by atoms with Crippen LogP contribution in [0, 0.1) is 0 Å². The van der Waals surface area contributed by atoms with E-state index in [0.717, 1.165) is 0 Å². The minimum absolute atomic E-state index is 1.22. The van der Waals surface area contributed by atoms with Crippen LogP contribution in [0.25, 0.3) is 131 Å². The maximum atomic E-state index is 2.34. The maximum absolute atomic E-state index is 2.34. The lowest BCUT2D eigenvalue weighted by Crippen LogP contribution is -1.86. The molecular weight excluding hydrogens is 793 g/mol. The normalized spacial score (nSPS) is 11.6. The van der Waals surface area contributed by atoms with E-state index >= 15 is 0 Å². The van der Waals surface area contributed by atoms with Gasteiger partial charge in [0.1, 0.15) is 0 Å². The summed E-state index contributed by atoms with van der Waals surface area (Å²) in [4.78, 5) is 0. The lowest BCUT2D eigenvalue weighted by molar-refractivity contribution is 1.59. The number of fused-ring (bicyclic) bond motifs is 8. The van der Waals surface area contributed by atoms with Gasteiger partial charge in [-0.15, -0.1) is 0 Å². The maximum Gasteiger partial charge on any atom is -0.0105 e. The minimum Gasteiger partial charge on any atom is -0.0616 e. The van der Waals surface area contributed by atoms with Crippen LogP contribution in [0.5, 0.6) is 0 Å². The van der Waals surface area contributed by atoms with E-state index in [1.165, 1.54) is 131 Å². The molecule has 0 saturated heterocycles. The van der Waals surface area contributed by atoms with Crippen LogP contribution in [0.15, 0.2) is 255 Å². The van der Waals surface area contributed by atoms with E-state index in [-0.39, 0.29) is 0 Å². The van der Waals surface area contributed by atoms with Gasteiger partial charge in [-0.05, 0) is 174 Å². The van der Waals surface area contributed by atoms with Crippen molar-refractivity contribution < 1.29 is 0 Å². The molecule has 13 aromatic carbocycles. The van der Waals surface area contributed by atoms with Crippen LogP contribution in [0.2, 0.25) is 0 Å². The molecule has 0 aliphatic carbocycles. The second kappa shape index (κ2) is 15.6. The molecule has 0 atom stereocenters. The fourth-order valence-corrected chi connectivity index (χ4v) is 10.3. The van der Waals surface area contributed by atoms with Gasteiger partial charge >= 0.3 is 0 Å². The summed E-state index contributed by atoms with van der Waals surface area (Å²) in [5.74, 6) is 0. The van der Waals surface area contributed by atoms with Crippen LogP contribution in [-0.2, 0) is 0 Å². The lowest BCUT2D eigenvalue weighted by Gasteiger charge is -2.12. The van der Waals surface area contributed by atoms with Crippen LogP contribution < -0.4 is 0 Å². The molecule has 0 aromatic heterocycles. The highest BCUT2D eigenvalue weighted by Gasteiger charge is 2.11. The molecule has 0 N–H and O–H groups in total. The van der Waals surface area contributed by atoms with Crippen LogP contribution in [0.3, 0.4) is 0 Å². The van der Waals surface area contributed by atoms with E-state index in [1.807, 2.05) is 0 Å². The molecule has 0 nitrogen and oxygen atoms in total. The lowest BCUT2D eigenvalue weighted by atomic mass is 9.92. The van der Waals surface area contributed by atoms with Crippen LogP contribution in [0.1, 0.15) is 0 Å². The van der Waals surface area contributed by atoms with Crippen molar-refractivity contribution in [2.75, 3.05) is 0 Å². The fraction of sp³-hybridized carbons (Fsp3) is 0. The molecule has 0 heteroatoms. The zero-order chi connectivity index (χ0) is 43.6. The molecule has 0 amide bonds. The van der Waals surface area contributed by atoms with Crippen molar-refractivity contribution in [1.29, 1.82) is 0 Å². The minimum atomic E-state index is 1.22. The Balaban J connectivity index is 0.754. The summed E-state index contributed by atoms with van der Waals surface area (Å²) in [6, 6.07) is 94.1. The Labute approximate surface area is 384 Å². The third-order valence-corrected chi connectivity index (χ3v) is 13.8. The van der Waals surface area contributed by atoms with Gasteiger partial charge in [0.2, 0.25) is 0 Å². The topological polar surface area (TPSA) is 0 Å². The number of hydrogen-bond acceptors (Lipinski definition) is 0. The van der Waals surface area contributed by atoms with Crippen LogP contribution >= 0.6 is 0 Å². The third kappa shape index (κ3) is 6.71. The molecule has 0 saturated carbocycles. The molecule has 0 aliphatic heterocycles. The second-order valence-corrected chi connectivity index (χ2v) is 17.7. The van der Waals surface area contributed by atoms with Gasteiger partial charge in [-0.2, -0.15) is 0 Å². The van der Waals surface area contributed by atoms with E-state index in [9.17, 15) is 0 Å². The van der Waals surface area contributed by atoms with Crippen molar-refractivity contribution in [3.05, 3.63) is 255 Å².